The third kappa shape index (κ3) is 4.71. The number of benzene rings is 1. The molecular weight excluding hydrogens is 409 g/mol. The fraction of sp³-hybridized carbons (Fsp3) is 0.167. The van der Waals surface area contributed by atoms with E-state index in [4.69, 9.17) is 11.6 Å². The molecule has 0 radical (unpaired) electrons. The predicted molar refractivity (Wildman–Crippen MR) is 106 cm³/mol. The van der Waals surface area contributed by atoms with Crippen LogP contribution in [0.3, 0.4) is 0 Å². The number of hydrogen-bond acceptors (Lipinski definition) is 5. The standard InChI is InChI=1S/C18H15ClFN3O2S2/c1-9-5-14(23-17(24)12-4-3-11(20)6-13(12)19)27-16(9)18(25)21-7-15-22-10(2)8-26-15/h3-6,8H,7H2,1-2H3,(H,21,25)(H,23,24). The number of nitrogens with one attached hydrogen (secondary N) is 2. The molecule has 1 aromatic carbocycles. The van der Waals surface area contributed by atoms with Gasteiger partial charge in [-0.1, -0.05) is 11.6 Å². The van der Waals surface area contributed by atoms with Gasteiger partial charge in [0.15, 0.2) is 0 Å². The molecule has 5 nitrogen and oxygen atoms in total. The highest BCUT2D eigenvalue weighted by molar-refractivity contribution is 7.18. The highest BCUT2D eigenvalue weighted by Crippen LogP contribution is 2.28. The Kier molecular flexibility index (Phi) is 5.88. The number of thiazole rings is 1. The van der Waals surface area contributed by atoms with Gasteiger partial charge in [0.25, 0.3) is 11.8 Å². The Labute approximate surface area is 168 Å². The van der Waals surface area contributed by atoms with E-state index in [1.54, 1.807) is 13.0 Å². The molecule has 3 aromatic rings. The van der Waals surface area contributed by atoms with Crippen molar-refractivity contribution in [2.24, 2.45) is 0 Å². The van der Waals surface area contributed by atoms with E-state index in [0.717, 1.165) is 33.7 Å². The van der Waals surface area contributed by atoms with Gasteiger partial charge in [0, 0.05) is 11.1 Å². The van der Waals surface area contributed by atoms with Crippen molar-refractivity contribution in [1.82, 2.24) is 10.3 Å². The Morgan fingerprint density at radius 1 is 1.22 bits per heavy atom. The Morgan fingerprint density at radius 2 is 2.00 bits per heavy atom. The van der Waals surface area contributed by atoms with Crippen molar-refractivity contribution in [2.45, 2.75) is 20.4 Å². The lowest BCUT2D eigenvalue weighted by atomic mass is 10.2. The minimum absolute atomic E-state index is 0.0254. The van der Waals surface area contributed by atoms with Crippen LogP contribution in [0.4, 0.5) is 9.39 Å². The second-order valence-electron chi connectivity index (χ2n) is 5.77. The molecule has 0 saturated heterocycles. The topological polar surface area (TPSA) is 71.1 Å². The summed E-state index contributed by atoms with van der Waals surface area (Å²) < 4.78 is 13.1. The van der Waals surface area contributed by atoms with E-state index < -0.39 is 11.7 Å². The minimum Gasteiger partial charge on any atom is -0.345 e. The molecule has 0 bridgehead atoms. The molecule has 9 heteroatoms. The summed E-state index contributed by atoms with van der Waals surface area (Å²) in [5.74, 6) is -1.21. The van der Waals surface area contributed by atoms with Crippen LogP contribution in [0.25, 0.3) is 0 Å². The summed E-state index contributed by atoms with van der Waals surface area (Å²) in [6, 6.07) is 5.27. The normalized spacial score (nSPS) is 10.7. The molecule has 2 amide bonds. The largest absolute Gasteiger partial charge is 0.345 e. The van der Waals surface area contributed by atoms with Crippen LogP contribution in [0.5, 0.6) is 0 Å². The number of amides is 2. The smallest absolute Gasteiger partial charge is 0.262 e. The summed E-state index contributed by atoms with van der Waals surface area (Å²) >= 11 is 8.56. The van der Waals surface area contributed by atoms with Crippen LogP contribution in [0, 0.1) is 19.7 Å². The second kappa shape index (κ2) is 8.16. The lowest BCUT2D eigenvalue weighted by Gasteiger charge is -2.04. The quantitative estimate of drug-likeness (QED) is 0.619. The Hall–Kier alpha value is -2.29. The van der Waals surface area contributed by atoms with Crippen molar-refractivity contribution in [3.05, 3.63) is 67.2 Å². The molecule has 2 aromatic heterocycles. The fourth-order valence-electron chi connectivity index (χ4n) is 2.34. The van der Waals surface area contributed by atoms with Crippen molar-refractivity contribution in [3.63, 3.8) is 0 Å². The third-order valence-electron chi connectivity index (χ3n) is 3.60. The molecular formula is C18H15ClFN3O2S2. The number of thiophene rings is 1. The average Bonchev–Trinajstić information content (AvgIpc) is 3.18. The van der Waals surface area contributed by atoms with Gasteiger partial charge in [-0.3, -0.25) is 9.59 Å². The Balaban J connectivity index is 1.68. The van der Waals surface area contributed by atoms with Crippen molar-refractivity contribution in [2.75, 3.05) is 5.32 Å². The molecule has 0 aliphatic carbocycles. The number of anilines is 1. The number of aryl methyl sites for hydroxylation is 2. The molecule has 140 valence electrons. The molecule has 0 saturated carbocycles. The lowest BCUT2D eigenvalue weighted by molar-refractivity contribution is 0.0953. The number of aromatic nitrogens is 1. The fourth-order valence-corrected chi connectivity index (χ4v) is 4.29. The molecule has 27 heavy (non-hydrogen) atoms. The monoisotopic (exact) mass is 423 g/mol. The van der Waals surface area contributed by atoms with Crippen molar-refractivity contribution in [3.8, 4) is 0 Å². The van der Waals surface area contributed by atoms with Crippen LogP contribution < -0.4 is 10.6 Å². The molecule has 0 atom stereocenters. The first kappa shape index (κ1) is 19.5. The van der Waals surface area contributed by atoms with Crippen LogP contribution >= 0.6 is 34.3 Å². The molecule has 0 spiro atoms. The van der Waals surface area contributed by atoms with E-state index in [0.29, 0.717) is 16.4 Å². The first-order chi connectivity index (χ1) is 12.8. The third-order valence-corrected chi connectivity index (χ3v) is 6.03. The zero-order valence-electron chi connectivity index (χ0n) is 14.4. The highest BCUT2D eigenvalue weighted by Gasteiger charge is 2.17. The number of rotatable bonds is 5. The summed E-state index contributed by atoms with van der Waals surface area (Å²) in [5.41, 5.74) is 1.82. The summed E-state index contributed by atoms with van der Waals surface area (Å²) in [6.07, 6.45) is 0. The van der Waals surface area contributed by atoms with Gasteiger partial charge < -0.3 is 10.6 Å². The maximum Gasteiger partial charge on any atom is 0.262 e. The SMILES string of the molecule is Cc1csc(CNC(=O)c2sc(NC(=O)c3ccc(F)cc3Cl)cc2C)n1. The first-order valence-corrected chi connectivity index (χ1v) is 9.97. The number of hydrogen-bond donors (Lipinski definition) is 2. The van der Waals surface area contributed by atoms with E-state index in [2.05, 4.69) is 15.6 Å². The van der Waals surface area contributed by atoms with E-state index in [-0.39, 0.29) is 16.5 Å². The Morgan fingerprint density at radius 3 is 2.67 bits per heavy atom. The van der Waals surface area contributed by atoms with Gasteiger partial charge in [-0.25, -0.2) is 9.37 Å². The summed E-state index contributed by atoms with van der Waals surface area (Å²) in [7, 11) is 0. The molecule has 2 N–H and O–H groups in total. The maximum atomic E-state index is 13.1. The molecule has 3 rings (SSSR count). The lowest BCUT2D eigenvalue weighted by Crippen LogP contribution is -2.22. The maximum absolute atomic E-state index is 13.1. The zero-order chi connectivity index (χ0) is 19.6. The molecule has 0 aliphatic rings. The summed E-state index contributed by atoms with van der Waals surface area (Å²) in [6.45, 7) is 4.04. The van der Waals surface area contributed by atoms with Crippen molar-refractivity contribution in [1.29, 1.82) is 0 Å². The van der Waals surface area contributed by atoms with Gasteiger partial charge >= 0.3 is 0 Å². The van der Waals surface area contributed by atoms with Gasteiger partial charge in [-0.2, -0.15) is 0 Å². The number of nitrogens with zero attached hydrogens (tertiary/aromatic N) is 1. The van der Waals surface area contributed by atoms with Crippen LogP contribution in [0.2, 0.25) is 5.02 Å². The second-order valence-corrected chi connectivity index (χ2v) is 8.17. The van der Waals surface area contributed by atoms with Crippen LogP contribution in [-0.4, -0.2) is 16.8 Å². The number of halogens is 2. The van der Waals surface area contributed by atoms with Gasteiger partial charge in [0.1, 0.15) is 10.8 Å². The molecule has 0 unspecified atom stereocenters. The van der Waals surface area contributed by atoms with Crippen molar-refractivity contribution >= 4 is 51.1 Å². The zero-order valence-corrected chi connectivity index (χ0v) is 16.8. The first-order valence-electron chi connectivity index (χ1n) is 7.89. The van der Waals surface area contributed by atoms with Gasteiger partial charge in [0.2, 0.25) is 0 Å². The van der Waals surface area contributed by atoms with E-state index >= 15 is 0 Å². The van der Waals surface area contributed by atoms with Crippen LogP contribution in [0.15, 0.2) is 29.6 Å². The highest BCUT2D eigenvalue weighted by atomic mass is 35.5. The molecule has 0 aliphatic heterocycles. The van der Waals surface area contributed by atoms with E-state index in [9.17, 15) is 14.0 Å². The van der Waals surface area contributed by atoms with E-state index in [1.807, 2.05) is 12.3 Å². The summed E-state index contributed by atoms with van der Waals surface area (Å²) in [4.78, 5) is 29.5. The number of carbonyl (C=O) groups excluding carboxylic acids is 2. The van der Waals surface area contributed by atoms with Crippen molar-refractivity contribution < 1.29 is 14.0 Å². The minimum atomic E-state index is -0.516. The average molecular weight is 424 g/mol. The predicted octanol–water partition coefficient (Wildman–Crippen LogP) is 4.80. The Bertz CT molecular complexity index is 1020. The number of carbonyl (C=O) groups is 2. The van der Waals surface area contributed by atoms with Crippen LogP contribution in [0.1, 0.15) is 36.3 Å². The molecule has 0 fully saturated rings. The van der Waals surface area contributed by atoms with Gasteiger partial charge in [-0.15, -0.1) is 22.7 Å². The van der Waals surface area contributed by atoms with E-state index in [1.165, 1.54) is 23.5 Å². The van der Waals surface area contributed by atoms with Crippen LogP contribution in [-0.2, 0) is 6.54 Å². The molecule has 2 heterocycles. The van der Waals surface area contributed by atoms with Gasteiger partial charge in [0.05, 0.1) is 27.0 Å². The van der Waals surface area contributed by atoms with Gasteiger partial charge in [-0.05, 0) is 43.7 Å². The summed E-state index contributed by atoms with van der Waals surface area (Å²) in [5, 5.41) is 8.81.